The van der Waals surface area contributed by atoms with E-state index in [1.807, 2.05) is 36.4 Å². The predicted octanol–water partition coefficient (Wildman–Crippen LogP) is 3.20. The number of nitrogens with zero attached hydrogens (tertiary/aromatic N) is 1. The Bertz CT molecular complexity index is 736. The molecule has 1 N–H and O–H groups in total. The van der Waals surface area contributed by atoms with Gasteiger partial charge < -0.3 is 14.7 Å². The van der Waals surface area contributed by atoms with Crippen LogP contribution in [0.5, 0.6) is 5.75 Å². The number of hydrogen-bond acceptors (Lipinski definition) is 3. The summed E-state index contributed by atoms with van der Waals surface area (Å²) in [6, 6.07) is 17.0. The van der Waals surface area contributed by atoms with Gasteiger partial charge in [-0.2, -0.15) is 0 Å². The molecule has 1 aliphatic heterocycles. The minimum absolute atomic E-state index is 0.0750. The van der Waals surface area contributed by atoms with Crippen molar-refractivity contribution >= 4 is 11.9 Å². The minimum atomic E-state index is -0.775. The summed E-state index contributed by atoms with van der Waals surface area (Å²) >= 11 is 0. The molecule has 25 heavy (non-hydrogen) atoms. The van der Waals surface area contributed by atoms with Crippen molar-refractivity contribution in [2.24, 2.45) is 5.92 Å². The van der Waals surface area contributed by atoms with Gasteiger partial charge in [0.2, 0.25) is 0 Å². The van der Waals surface area contributed by atoms with Gasteiger partial charge in [0.05, 0.1) is 5.92 Å². The Kier molecular flexibility index (Phi) is 5.33. The Morgan fingerprint density at radius 3 is 2.44 bits per heavy atom. The molecule has 0 unspecified atom stereocenters. The first kappa shape index (κ1) is 17.0. The number of likely N-dealkylation sites (tertiary alicyclic amines) is 1. The quantitative estimate of drug-likeness (QED) is 0.908. The summed E-state index contributed by atoms with van der Waals surface area (Å²) < 4.78 is 5.77. The number of carboxylic acid groups (broad SMARTS) is 1. The lowest BCUT2D eigenvalue weighted by molar-refractivity contribution is -0.143. The van der Waals surface area contributed by atoms with Gasteiger partial charge in [0, 0.05) is 18.7 Å². The van der Waals surface area contributed by atoms with Crippen LogP contribution in [-0.2, 0) is 11.4 Å². The molecule has 5 nitrogen and oxygen atoms in total. The van der Waals surface area contributed by atoms with Crippen LogP contribution in [0.2, 0.25) is 0 Å². The molecule has 0 spiro atoms. The molecule has 2 aromatic rings. The molecular formula is C20H21NO4. The fraction of sp³-hybridized carbons (Fsp3) is 0.300. The third-order valence-electron chi connectivity index (χ3n) is 4.46. The van der Waals surface area contributed by atoms with E-state index in [-0.39, 0.29) is 11.8 Å². The molecule has 2 aromatic carbocycles. The van der Waals surface area contributed by atoms with Crippen molar-refractivity contribution in [1.29, 1.82) is 0 Å². The molecular weight excluding hydrogens is 318 g/mol. The van der Waals surface area contributed by atoms with Crippen LogP contribution < -0.4 is 4.74 Å². The number of carbonyl (C=O) groups excluding carboxylic acids is 1. The van der Waals surface area contributed by atoms with Gasteiger partial charge >= 0.3 is 5.97 Å². The first-order chi connectivity index (χ1) is 12.1. The first-order valence-electron chi connectivity index (χ1n) is 8.42. The van der Waals surface area contributed by atoms with Crippen LogP contribution in [0, 0.1) is 5.92 Å². The van der Waals surface area contributed by atoms with Crippen molar-refractivity contribution in [2.75, 3.05) is 13.1 Å². The first-order valence-corrected chi connectivity index (χ1v) is 8.42. The molecule has 0 atom stereocenters. The number of ether oxygens (including phenoxy) is 1. The number of carboxylic acids is 1. The number of piperidine rings is 1. The van der Waals surface area contributed by atoms with Crippen molar-refractivity contribution in [3.8, 4) is 5.75 Å². The Balaban J connectivity index is 1.61. The van der Waals surface area contributed by atoms with Crippen LogP contribution >= 0.6 is 0 Å². The van der Waals surface area contributed by atoms with Crippen LogP contribution in [0.25, 0.3) is 0 Å². The second-order valence-corrected chi connectivity index (χ2v) is 6.21. The average molecular weight is 339 g/mol. The Morgan fingerprint density at radius 2 is 1.76 bits per heavy atom. The van der Waals surface area contributed by atoms with Crippen LogP contribution in [0.4, 0.5) is 0 Å². The highest BCUT2D eigenvalue weighted by Crippen LogP contribution is 2.21. The number of carbonyl (C=O) groups is 2. The van der Waals surface area contributed by atoms with Crippen molar-refractivity contribution in [1.82, 2.24) is 4.90 Å². The molecule has 0 saturated carbocycles. The van der Waals surface area contributed by atoms with Gasteiger partial charge in [-0.15, -0.1) is 0 Å². The fourth-order valence-corrected chi connectivity index (χ4v) is 2.97. The second-order valence-electron chi connectivity index (χ2n) is 6.21. The van der Waals surface area contributed by atoms with Crippen molar-refractivity contribution < 1.29 is 19.4 Å². The molecule has 130 valence electrons. The maximum Gasteiger partial charge on any atom is 0.306 e. The van der Waals surface area contributed by atoms with Gasteiger partial charge in [0.15, 0.2) is 0 Å². The lowest BCUT2D eigenvalue weighted by Crippen LogP contribution is -2.40. The molecule has 1 heterocycles. The van der Waals surface area contributed by atoms with Gasteiger partial charge in [-0.05, 0) is 36.6 Å². The van der Waals surface area contributed by atoms with Crippen LogP contribution in [0.15, 0.2) is 54.6 Å². The van der Waals surface area contributed by atoms with Crippen molar-refractivity contribution in [2.45, 2.75) is 19.4 Å². The Morgan fingerprint density at radius 1 is 1.04 bits per heavy atom. The Labute approximate surface area is 146 Å². The third kappa shape index (κ3) is 4.38. The molecule has 0 aliphatic carbocycles. The van der Waals surface area contributed by atoms with Crippen molar-refractivity contribution in [3.63, 3.8) is 0 Å². The summed E-state index contributed by atoms with van der Waals surface area (Å²) in [6.45, 7) is 1.40. The number of hydrogen-bond donors (Lipinski definition) is 1. The largest absolute Gasteiger partial charge is 0.489 e. The molecule has 1 saturated heterocycles. The standard InChI is InChI=1S/C20H21NO4/c22-19(21-11-9-16(10-12-21)20(23)24)17-7-4-8-18(13-17)25-14-15-5-2-1-3-6-15/h1-8,13,16H,9-12,14H2,(H,23,24). The lowest BCUT2D eigenvalue weighted by Gasteiger charge is -2.30. The Hall–Kier alpha value is -2.82. The normalized spacial score (nSPS) is 15.0. The SMILES string of the molecule is O=C(O)C1CCN(C(=O)c2cccc(OCc3ccccc3)c2)CC1. The van der Waals surface area contributed by atoms with Crippen LogP contribution in [0.3, 0.4) is 0 Å². The molecule has 3 rings (SSSR count). The summed E-state index contributed by atoms with van der Waals surface area (Å²) in [5.41, 5.74) is 1.63. The number of amides is 1. The van der Waals surface area contributed by atoms with E-state index in [2.05, 4.69) is 0 Å². The lowest BCUT2D eigenvalue weighted by atomic mass is 9.96. The smallest absolute Gasteiger partial charge is 0.306 e. The van der Waals surface area contributed by atoms with E-state index >= 15 is 0 Å². The molecule has 1 fully saturated rings. The highest BCUT2D eigenvalue weighted by Gasteiger charge is 2.27. The molecule has 1 amide bonds. The monoisotopic (exact) mass is 339 g/mol. The average Bonchev–Trinajstić information content (AvgIpc) is 2.67. The van der Waals surface area contributed by atoms with Crippen LogP contribution in [0.1, 0.15) is 28.8 Å². The second kappa shape index (κ2) is 7.83. The van der Waals surface area contributed by atoms with Gasteiger partial charge in [-0.1, -0.05) is 36.4 Å². The molecule has 1 aliphatic rings. The van der Waals surface area contributed by atoms with Gasteiger partial charge in [0.1, 0.15) is 12.4 Å². The summed E-state index contributed by atoms with van der Waals surface area (Å²) in [7, 11) is 0. The summed E-state index contributed by atoms with van der Waals surface area (Å²) in [6.07, 6.45) is 1.01. The van der Waals surface area contributed by atoms with E-state index in [1.165, 1.54) is 0 Å². The zero-order valence-electron chi connectivity index (χ0n) is 13.9. The number of rotatable bonds is 5. The third-order valence-corrected chi connectivity index (χ3v) is 4.46. The molecule has 0 aromatic heterocycles. The number of aliphatic carboxylic acids is 1. The van der Waals surface area contributed by atoms with E-state index in [1.54, 1.807) is 23.1 Å². The number of benzene rings is 2. The van der Waals surface area contributed by atoms with Crippen molar-refractivity contribution in [3.05, 3.63) is 65.7 Å². The van der Waals surface area contributed by atoms with E-state index in [9.17, 15) is 9.59 Å². The zero-order chi connectivity index (χ0) is 17.6. The summed E-state index contributed by atoms with van der Waals surface area (Å²) in [5.74, 6) is -0.544. The topological polar surface area (TPSA) is 66.8 Å². The minimum Gasteiger partial charge on any atom is -0.489 e. The van der Waals surface area contributed by atoms with E-state index in [0.717, 1.165) is 5.56 Å². The zero-order valence-corrected chi connectivity index (χ0v) is 13.9. The fourth-order valence-electron chi connectivity index (χ4n) is 2.97. The highest BCUT2D eigenvalue weighted by molar-refractivity contribution is 5.94. The van der Waals surface area contributed by atoms with E-state index in [4.69, 9.17) is 9.84 Å². The van der Waals surface area contributed by atoms with E-state index in [0.29, 0.717) is 43.9 Å². The summed E-state index contributed by atoms with van der Waals surface area (Å²) in [4.78, 5) is 25.4. The molecule has 0 bridgehead atoms. The van der Waals surface area contributed by atoms with Gasteiger partial charge in [-0.3, -0.25) is 9.59 Å². The molecule has 5 heteroatoms. The van der Waals surface area contributed by atoms with E-state index < -0.39 is 5.97 Å². The predicted molar refractivity (Wildman–Crippen MR) is 93.5 cm³/mol. The maximum absolute atomic E-state index is 12.6. The molecule has 0 radical (unpaired) electrons. The van der Waals surface area contributed by atoms with Gasteiger partial charge in [-0.25, -0.2) is 0 Å². The highest BCUT2D eigenvalue weighted by atomic mass is 16.5. The van der Waals surface area contributed by atoms with Gasteiger partial charge in [0.25, 0.3) is 5.91 Å². The van der Waals surface area contributed by atoms with Crippen LogP contribution in [-0.4, -0.2) is 35.0 Å². The maximum atomic E-state index is 12.6. The summed E-state index contributed by atoms with van der Waals surface area (Å²) in [5, 5.41) is 9.05.